The number of para-hydroxylation sites is 1. The second-order valence-electron chi connectivity index (χ2n) is 4.46. The Bertz CT molecular complexity index is 731. The Hall–Kier alpha value is -1.94. The van der Waals surface area contributed by atoms with Gasteiger partial charge in [-0.25, -0.2) is 0 Å². The van der Waals surface area contributed by atoms with Gasteiger partial charge in [-0.05, 0) is 40.2 Å². The fraction of sp³-hybridized carbons (Fsp3) is 0.125. The summed E-state index contributed by atoms with van der Waals surface area (Å²) in [6.07, 6.45) is 0. The molecular weight excluding hydrogens is 318 g/mol. The molecule has 1 heterocycles. The fourth-order valence-electron chi connectivity index (χ4n) is 2.28. The molecule has 0 aliphatic rings. The lowest BCUT2D eigenvalue weighted by molar-refractivity contribution is 0.355. The SMILES string of the molecule is COc1cc(Br)c(-c2cc3ccccc3[nH]2)cc1OC. The van der Waals surface area contributed by atoms with Crippen LogP contribution in [0.15, 0.2) is 46.9 Å². The van der Waals surface area contributed by atoms with Gasteiger partial charge in [0, 0.05) is 26.6 Å². The van der Waals surface area contributed by atoms with Crippen molar-refractivity contribution in [2.45, 2.75) is 0 Å². The van der Waals surface area contributed by atoms with Crippen LogP contribution in [0.2, 0.25) is 0 Å². The molecule has 0 amide bonds. The molecule has 1 N–H and O–H groups in total. The van der Waals surface area contributed by atoms with E-state index >= 15 is 0 Å². The lowest BCUT2D eigenvalue weighted by atomic mass is 10.1. The van der Waals surface area contributed by atoms with Crippen LogP contribution in [0.5, 0.6) is 11.5 Å². The van der Waals surface area contributed by atoms with Crippen LogP contribution in [0, 0.1) is 0 Å². The number of benzene rings is 2. The second kappa shape index (κ2) is 5.21. The van der Waals surface area contributed by atoms with Crippen molar-refractivity contribution in [1.29, 1.82) is 0 Å². The van der Waals surface area contributed by atoms with Crippen LogP contribution in [0.25, 0.3) is 22.2 Å². The Morgan fingerprint density at radius 3 is 2.35 bits per heavy atom. The van der Waals surface area contributed by atoms with Crippen molar-refractivity contribution in [3.05, 3.63) is 46.9 Å². The maximum absolute atomic E-state index is 5.37. The monoisotopic (exact) mass is 331 g/mol. The zero-order valence-corrected chi connectivity index (χ0v) is 12.8. The summed E-state index contributed by atoms with van der Waals surface area (Å²) in [5.41, 5.74) is 3.20. The summed E-state index contributed by atoms with van der Waals surface area (Å²) in [7, 11) is 3.27. The van der Waals surface area contributed by atoms with Gasteiger partial charge in [0.15, 0.2) is 11.5 Å². The molecule has 0 radical (unpaired) electrons. The molecule has 102 valence electrons. The number of rotatable bonds is 3. The second-order valence-corrected chi connectivity index (χ2v) is 5.31. The van der Waals surface area contributed by atoms with Crippen molar-refractivity contribution in [3.8, 4) is 22.8 Å². The first-order chi connectivity index (χ1) is 9.72. The predicted octanol–water partition coefficient (Wildman–Crippen LogP) is 4.61. The van der Waals surface area contributed by atoms with Crippen LogP contribution in [0.1, 0.15) is 0 Å². The normalized spacial score (nSPS) is 10.8. The highest BCUT2D eigenvalue weighted by atomic mass is 79.9. The molecule has 0 bridgehead atoms. The van der Waals surface area contributed by atoms with Gasteiger partial charge < -0.3 is 14.5 Å². The largest absolute Gasteiger partial charge is 0.493 e. The molecule has 2 aromatic carbocycles. The van der Waals surface area contributed by atoms with Crippen molar-refractivity contribution in [1.82, 2.24) is 4.98 Å². The third-order valence-electron chi connectivity index (χ3n) is 3.29. The molecule has 3 rings (SSSR count). The molecule has 3 aromatic rings. The Morgan fingerprint density at radius 1 is 0.950 bits per heavy atom. The minimum absolute atomic E-state index is 0.708. The van der Waals surface area contributed by atoms with Crippen molar-refractivity contribution < 1.29 is 9.47 Å². The standard InChI is InChI=1S/C16H14BrNO2/c1-19-15-8-11(12(17)9-16(15)20-2)14-7-10-5-3-4-6-13(10)18-14/h3-9,18H,1-2H3. The number of methoxy groups -OCH3 is 2. The summed E-state index contributed by atoms with van der Waals surface area (Å²) in [5, 5.41) is 1.18. The van der Waals surface area contributed by atoms with Gasteiger partial charge in [0.25, 0.3) is 0 Å². The molecule has 0 saturated carbocycles. The summed E-state index contributed by atoms with van der Waals surface area (Å²) in [4.78, 5) is 3.42. The van der Waals surface area contributed by atoms with Crippen LogP contribution in [-0.4, -0.2) is 19.2 Å². The van der Waals surface area contributed by atoms with Crippen LogP contribution >= 0.6 is 15.9 Å². The van der Waals surface area contributed by atoms with Crippen LogP contribution < -0.4 is 9.47 Å². The summed E-state index contributed by atoms with van der Waals surface area (Å²) in [5.74, 6) is 1.42. The van der Waals surface area contributed by atoms with E-state index in [1.54, 1.807) is 14.2 Å². The maximum Gasteiger partial charge on any atom is 0.161 e. The highest BCUT2D eigenvalue weighted by molar-refractivity contribution is 9.10. The summed E-state index contributed by atoms with van der Waals surface area (Å²) < 4.78 is 11.6. The van der Waals surface area contributed by atoms with Crippen molar-refractivity contribution in [3.63, 3.8) is 0 Å². The highest BCUT2D eigenvalue weighted by Crippen LogP contribution is 2.38. The highest BCUT2D eigenvalue weighted by Gasteiger charge is 2.12. The zero-order valence-electron chi connectivity index (χ0n) is 11.2. The number of halogens is 1. The number of aromatic amines is 1. The van der Waals surface area contributed by atoms with E-state index < -0.39 is 0 Å². The number of hydrogen-bond donors (Lipinski definition) is 1. The molecule has 0 aliphatic carbocycles. The summed E-state index contributed by atoms with van der Waals surface area (Å²) >= 11 is 3.59. The molecule has 0 aliphatic heterocycles. The first kappa shape index (κ1) is 13.1. The van der Waals surface area contributed by atoms with Gasteiger partial charge in [-0.1, -0.05) is 18.2 Å². The van der Waals surface area contributed by atoms with Crippen LogP contribution in [0.4, 0.5) is 0 Å². The van der Waals surface area contributed by atoms with Gasteiger partial charge in [-0.2, -0.15) is 0 Å². The maximum atomic E-state index is 5.37. The number of ether oxygens (including phenoxy) is 2. The Labute approximate surface area is 125 Å². The zero-order chi connectivity index (χ0) is 14.1. The van der Waals surface area contributed by atoms with E-state index in [-0.39, 0.29) is 0 Å². The van der Waals surface area contributed by atoms with Crippen LogP contribution in [0.3, 0.4) is 0 Å². The lowest BCUT2D eigenvalue weighted by Gasteiger charge is -2.11. The third-order valence-corrected chi connectivity index (χ3v) is 3.95. The van der Waals surface area contributed by atoms with Gasteiger partial charge in [0.2, 0.25) is 0 Å². The van der Waals surface area contributed by atoms with E-state index in [0.29, 0.717) is 11.5 Å². The van der Waals surface area contributed by atoms with E-state index in [4.69, 9.17) is 9.47 Å². The van der Waals surface area contributed by atoms with Gasteiger partial charge in [-0.3, -0.25) is 0 Å². The summed E-state index contributed by atoms with van der Waals surface area (Å²) in [6, 6.07) is 14.2. The Balaban J connectivity index is 2.18. The average molecular weight is 332 g/mol. The van der Waals surface area contributed by atoms with E-state index in [1.807, 2.05) is 24.3 Å². The minimum atomic E-state index is 0.708. The Kier molecular flexibility index (Phi) is 3.40. The quantitative estimate of drug-likeness (QED) is 0.760. The molecular formula is C16H14BrNO2. The smallest absolute Gasteiger partial charge is 0.161 e. The first-order valence-electron chi connectivity index (χ1n) is 6.22. The van der Waals surface area contributed by atoms with E-state index in [9.17, 15) is 0 Å². The van der Waals surface area contributed by atoms with E-state index in [1.165, 1.54) is 5.39 Å². The van der Waals surface area contributed by atoms with Crippen molar-refractivity contribution in [2.24, 2.45) is 0 Å². The average Bonchev–Trinajstić information content (AvgIpc) is 2.90. The third kappa shape index (κ3) is 2.16. The summed E-state index contributed by atoms with van der Waals surface area (Å²) in [6.45, 7) is 0. The van der Waals surface area contributed by atoms with Crippen molar-refractivity contribution in [2.75, 3.05) is 14.2 Å². The van der Waals surface area contributed by atoms with Crippen LogP contribution in [-0.2, 0) is 0 Å². The number of fused-ring (bicyclic) bond motifs is 1. The molecule has 0 unspecified atom stereocenters. The number of nitrogens with one attached hydrogen (secondary N) is 1. The van der Waals surface area contributed by atoms with E-state index in [0.717, 1.165) is 21.2 Å². The van der Waals surface area contributed by atoms with E-state index in [2.05, 4.69) is 39.1 Å². The minimum Gasteiger partial charge on any atom is -0.493 e. The number of H-pyrrole nitrogens is 1. The fourth-order valence-corrected chi connectivity index (χ4v) is 2.82. The van der Waals surface area contributed by atoms with Gasteiger partial charge >= 0.3 is 0 Å². The van der Waals surface area contributed by atoms with Gasteiger partial charge in [0.05, 0.1) is 14.2 Å². The molecule has 4 heteroatoms. The van der Waals surface area contributed by atoms with Gasteiger partial charge in [-0.15, -0.1) is 0 Å². The first-order valence-corrected chi connectivity index (χ1v) is 7.02. The predicted molar refractivity (Wildman–Crippen MR) is 84.5 cm³/mol. The molecule has 20 heavy (non-hydrogen) atoms. The Morgan fingerprint density at radius 2 is 1.65 bits per heavy atom. The molecule has 0 fully saturated rings. The topological polar surface area (TPSA) is 34.2 Å². The molecule has 0 atom stereocenters. The molecule has 0 spiro atoms. The van der Waals surface area contributed by atoms with Crippen molar-refractivity contribution >= 4 is 26.8 Å². The lowest BCUT2D eigenvalue weighted by Crippen LogP contribution is -1.92. The molecule has 3 nitrogen and oxygen atoms in total. The van der Waals surface area contributed by atoms with Gasteiger partial charge in [0.1, 0.15) is 0 Å². The molecule has 1 aromatic heterocycles. The number of aromatic nitrogens is 1. The molecule has 0 saturated heterocycles. The number of hydrogen-bond acceptors (Lipinski definition) is 2.